The molecular formula is C63H51BN2S. The quantitative estimate of drug-likeness (QED) is 0.159. The van der Waals surface area contributed by atoms with Gasteiger partial charge < -0.3 is 9.71 Å². The number of thiophene rings is 1. The molecule has 67 heavy (non-hydrogen) atoms. The predicted octanol–water partition coefficient (Wildman–Crippen LogP) is 16.4. The Hall–Kier alpha value is -7.14. The molecule has 0 fully saturated rings. The topological polar surface area (TPSA) is 6.48 Å². The SMILES string of the molecule is Cc1ccc(-c2ccccc2)cc1N1c2cc3c(cc2B2c4c(cc5c(sc6ccccc65)c41)-c1ccc(-c4ccccc4)cc1N2c1ccc(-c2ccccc2)cc1)C(C)(C)CCC3(C)C. The third-order valence-corrected chi connectivity index (χ3v) is 16.6. The zero-order chi connectivity index (χ0) is 45.2. The van der Waals surface area contributed by atoms with Gasteiger partial charge in [-0.1, -0.05) is 179 Å². The molecule has 322 valence electrons. The molecule has 4 heteroatoms. The van der Waals surface area contributed by atoms with Gasteiger partial charge in [-0.3, -0.25) is 0 Å². The van der Waals surface area contributed by atoms with E-state index < -0.39 is 0 Å². The summed E-state index contributed by atoms with van der Waals surface area (Å²) in [6.07, 6.45) is 2.30. The minimum absolute atomic E-state index is 0.0122. The Bertz CT molecular complexity index is 3590. The van der Waals surface area contributed by atoms with Crippen LogP contribution in [-0.2, 0) is 10.8 Å². The number of hydrogen-bond acceptors (Lipinski definition) is 3. The van der Waals surface area contributed by atoms with E-state index in [1.54, 1.807) is 0 Å². The highest BCUT2D eigenvalue weighted by Crippen LogP contribution is 2.55. The molecule has 2 nitrogen and oxygen atoms in total. The summed E-state index contributed by atoms with van der Waals surface area (Å²) in [6, 6.07) is 73.2. The minimum atomic E-state index is -0.115. The second kappa shape index (κ2) is 14.9. The van der Waals surface area contributed by atoms with Crippen LogP contribution in [0.5, 0.6) is 0 Å². The summed E-state index contributed by atoms with van der Waals surface area (Å²) in [6.45, 7) is 12.1. The van der Waals surface area contributed by atoms with Gasteiger partial charge in [0.25, 0.3) is 0 Å². The summed E-state index contributed by atoms with van der Waals surface area (Å²) in [5.74, 6) is 0. The Morgan fingerprint density at radius 1 is 0.463 bits per heavy atom. The smallest absolute Gasteiger partial charge is 0.333 e. The lowest BCUT2D eigenvalue weighted by Crippen LogP contribution is -2.62. The van der Waals surface area contributed by atoms with Crippen LogP contribution in [0.15, 0.2) is 194 Å². The van der Waals surface area contributed by atoms with Crippen molar-refractivity contribution in [3.8, 4) is 44.5 Å². The Balaban J connectivity index is 1.19. The molecule has 0 unspecified atom stereocenters. The molecule has 0 N–H and O–H groups in total. The fourth-order valence-corrected chi connectivity index (χ4v) is 12.9. The molecular weight excluding hydrogens is 828 g/mol. The van der Waals surface area contributed by atoms with Gasteiger partial charge in [-0.15, -0.1) is 11.3 Å². The van der Waals surface area contributed by atoms with E-state index in [0.717, 1.165) is 12.8 Å². The van der Waals surface area contributed by atoms with Crippen molar-refractivity contribution in [2.75, 3.05) is 9.71 Å². The maximum absolute atomic E-state index is 2.71. The summed E-state index contributed by atoms with van der Waals surface area (Å²) >= 11 is 1.95. The molecule has 2 aliphatic heterocycles. The highest BCUT2D eigenvalue weighted by molar-refractivity contribution is 7.26. The van der Waals surface area contributed by atoms with Gasteiger partial charge in [-0.05, 0) is 140 Å². The number of rotatable bonds is 5. The van der Waals surface area contributed by atoms with Crippen LogP contribution >= 0.6 is 11.3 Å². The maximum Gasteiger partial charge on any atom is 0.333 e. The van der Waals surface area contributed by atoms with Crippen molar-refractivity contribution < 1.29 is 0 Å². The van der Waals surface area contributed by atoms with Crippen LogP contribution in [0.3, 0.4) is 0 Å². The van der Waals surface area contributed by atoms with E-state index in [-0.39, 0.29) is 17.7 Å². The molecule has 0 bridgehead atoms. The van der Waals surface area contributed by atoms with E-state index >= 15 is 0 Å². The van der Waals surface area contributed by atoms with Crippen molar-refractivity contribution >= 4 is 77.7 Å². The number of benzene rings is 9. The highest BCUT2D eigenvalue weighted by Gasteiger charge is 2.49. The fourth-order valence-electron chi connectivity index (χ4n) is 11.7. The van der Waals surface area contributed by atoms with Crippen LogP contribution in [0, 0.1) is 6.92 Å². The first-order valence-electron chi connectivity index (χ1n) is 23.9. The molecule has 0 radical (unpaired) electrons. The van der Waals surface area contributed by atoms with Crippen molar-refractivity contribution in [1.29, 1.82) is 0 Å². The van der Waals surface area contributed by atoms with Gasteiger partial charge in [-0.25, -0.2) is 0 Å². The van der Waals surface area contributed by atoms with Crippen molar-refractivity contribution in [3.63, 3.8) is 0 Å². The molecule has 0 saturated carbocycles. The molecule has 0 atom stereocenters. The molecule has 0 saturated heterocycles. The Kier molecular flexibility index (Phi) is 8.96. The second-order valence-corrected chi connectivity index (χ2v) is 21.4. The molecule has 13 rings (SSSR count). The normalized spacial score (nSPS) is 15.3. The molecule has 0 spiro atoms. The van der Waals surface area contributed by atoms with E-state index in [4.69, 9.17) is 0 Å². The van der Waals surface area contributed by atoms with Gasteiger partial charge in [0.1, 0.15) is 0 Å². The van der Waals surface area contributed by atoms with Crippen LogP contribution in [0.1, 0.15) is 57.2 Å². The van der Waals surface area contributed by atoms with E-state index in [2.05, 4.69) is 238 Å². The summed E-state index contributed by atoms with van der Waals surface area (Å²) in [7, 11) is 0. The van der Waals surface area contributed by atoms with E-state index in [1.807, 2.05) is 11.3 Å². The fraction of sp³-hybridized carbons (Fsp3) is 0.143. The average Bonchev–Trinajstić information content (AvgIpc) is 3.74. The molecule has 10 aromatic rings. The van der Waals surface area contributed by atoms with Crippen LogP contribution in [0.25, 0.3) is 64.7 Å². The van der Waals surface area contributed by atoms with Gasteiger partial charge in [0.2, 0.25) is 0 Å². The van der Waals surface area contributed by atoms with E-state index in [1.165, 1.54) is 121 Å². The minimum Gasteiger partial charge on any atom is -0.376 e. The molecule has 1 aromatic heterocycles. The molecule has 1 aliphatic carbocycles. The lowest BCUT2D eigenvalue weighted by Gasteiger charge is -2.48. The maximum atomic E-state index is 2.71. The van der Waals surface area contributed by atoms with Crippen LogP contribution < -0.4 is 20.6 Å². The third-order valence-electron chi connectivity index (χ3n) is 15.4. The van der Waals surface area contributed by atoms with Gasteiger partial charge in [-0.2, -0.15) is 0 Å². The molecule has 3 heterocycles. The summed E-state index contributed by atoms with van der Waals surface area (Å²) in [5, 5.41) is 2.63. The van der Waals surface area contributed by atoms with Gasteiger partial charge in [0, 0.05) is 43.8 Å². The molecule has 9 aromatic carbocycles. The third kappa shape index (κ3) is 6.23. The van der Waals surface area contributed by atoms with Crippen molar-refractivity contribution in [3.05, 3.63) is 211 Å². The lowest BCUT2D eigenvalue weighted by atomic mass is 9.42. The van der Waals surface area contributed by atoms with Crippen molar-refractivity contribution in [1.82, 2.24) is 0 Å². The Labute approximate surface area is 398 Å². The van der Waals surface area contributed by atoms with Crippen molar-refractivity contribution in [2.24, 2.45) is 0 Å². The summed E-state index contributed by atoms with van der Waals surface area (Å²) in [5.41, 5.74) is 23.1. The Morgan fingerprint density at radius 2 is 1.00 bits per heavy atom. The van der Waals surface area contributed by atoms with Crippen LogP contribution in [0.2, 0.25) is 0 Å². The largest absolute Gasteiger partial charge is 0.376 e. The molecule has 0 amide bonds. The standard InChI is InChI=1S/C63H51BN2S/c1-40-25-26-45(42-19-11-7-12-20-42)35-55(40)65-57-39-53-52(62(2,3)33-34-63(53,4)5)38-54(57)64-59-50(37-51-49-23-15-16-24-58(49)67-61(51)60(59)65)48-32-29-46(43-21-13-8-14-22-43)36-56(48)66(64)47-30-27-44(28-31-47)41-17-9-6-10-18-41/h6-32,35-39H,33-34H2,1-5H3. The number of aryl methyl sites for hydroxylation is 1. The van der Waals surface area contributed by atoms with Gasteiger partial charge >= 0.3 is 6.85 Å². The number of fused-ring (bicyclic) bond motifs is 9. The van der Waals surface area contributed by atoms with E-state index in [0.29, 0.717) is 0 Å². The number of anilines is 5. The monoisotopic (exact) mass is 878 g/mol. The first kappa shape index (κ1) is 40.2. The number of hydrogen-bond donors (Lipinski definition) is 0. The van der Waals surface area contributed by atoms with Crippen molar-refractivity contribution in [2.45, 2.75) is 58.3 Å². The average molecular weight is 879 g/mol. The molecule has 3 aliphatic rings. The van der Waals surface area contributed by atoms with Crippen LogP contribution in [-0.4, -0.2) is 6.85 Å². The lowest BCUT2D eigenvalue weighted by molar-refractivity contribution is 0.332. The highest BCUT2D eigenvalue weighted by atomic mass is 32.1. The second-order valence-electron chi connectivity index (χ2n) is 20.4. The van der Waals surface area contributed by atoms with Gasteiger partial charge in [0.05, 0.1) is 10.4 Å². The van der Waals surface area contributed by atoms with Crippen LogP contribution in [0.4, 0.5) is 28.4 Å². The Morgan fingerprint density at radius 3 is 1.66 bits per heavy atom. The zero-order valence-corrected chi connectivity index (χ0v) is 39.6. The summed E-state index contributed by atoms with van der Waals surface area (Å²) < 4.78 is 2.65. The summed E-state index contributed by atoms with van der Waals surface area (Å²) in [4.78, 5) is 5.42. The van der Waals surface area contributed by atoms with E-state index in [9.17, 15) is 0 Å². The first-order chi connectivity index (χ1) is 32.6. The first-order valence-corrected chi connectivity index (χ1v) is 24.7. The number of nitrogens with zero attached hydrogens (tertiary/aromatic N) is 2. The zero-order valence-electron chi connectivity index (χ0n) is 38.8. The van der Waals surface area contributed by atoms with Gasteiger partial charge in [0.15, 0.2) is 0 Å². The predicted molar refractivity (Wildman–Crippen MR) is 289 cm³/mol.